The van der Waals surface area contributed by atoms with E-state index < -0.39 is 12.0 Å². The lowest BCUT2D eigenvalue weighted by atomic mass is 10.3. The fourth-order valence-corrected chi connectivity index (χ4v) is 5.15. The van der Waals surface area contributed by atoms with Gasteiger partial charge in [-0.05, 0) is 49.7 Å². The molecule has 0 spiro atoms. The second-order valence-corrected chi connectivity index (χ2v) is 10.1. The van der Waals surface area contributed by atoms with Crippen LogP contribution in [0.2, 0.25) is 0 Å². The predicted molar refractivity (Wildman–Crippen MR) is 137 cm³/mol. The van der Waals surface area contributed by atoms with Gasteiger partial charge in [0.25, 0.3) is 0 Å². The van der Waals surface area contributed by atoms with Gasteiger partial charge in [-0.15, -0.1) is 0 Å². The van der Waals surface area contributed by atoms with E-state index in [-0.39, 0.29) is 9.80 Å². The van der Waals surface area contributed by atoms with E-state index in [9.17, 15) is 13.2 Å². The number of hydrogen-bond acceptors (Lipinski definition) is 8. The number of anilines is 3. The van der Waals surface area contributed by atoms with Crippen molar-refractivity contribution in [3.05, 3.63) is 41.9 Å². The number of H-pyrrole nitrogens is 2. The number of nitrogens with one attached hydrogen (secondary N) is 3. The molecule has 1 aliphatic carbocycles. The van der Waals surface area contributed by atoms with Crippen LogP contribution < -0.4 is 10.2 Å². The molecule has 1 saturated heterocycles. The minimum Gasteiger partial charge on any atom is -0.354 e. The van der Waals surface area contributed by atoms with Crippen molar-refractivity contribution < 1.29 is 17.5 Å². The van der Waals surface area contributed by atoms with E-state index in [4.69, 9.17) is 4.98 Å². The van der Waals surface area contributed by atoms with Crippen LogP contribution in [0, 0.1) is 6.92 Å². The normalized spacial score (nSPS) is 17.2. The fourth-order valence-electron chi connectivity index (χ4n) is 4.35. The molecule has 3 N–H and O–H groups in total. The zero-order chi connectivity index (χ0) is 24.9. The van der Waals surface area contributed by atoms with Crippen LogP contribution in [0.25, 0.3) is 11.0 Å². The van der Waals surface area contributed by atoms with Crippen molar-refractivity contribution in [3.63, 3.8) is 0 Å². The number of imidazole rings is 1. The third-order valence-corrected chi connectivity index (χ3v) is 7.14. The van der Waals surface area contributed by atoms with E-state index in [0.29, 0.717) is 27.2 Å². The first-order valence-electron chi connectivity index (χ1n) is 11.7. The number of piperazine rings is 1. The quantitative estimate of drug-likeness (QED) is 0.293. The summed E-state index contributed by atoms with van der Waals surface area (Å²) in [6, 6.07) is 9.45. The van der Waals surface area contributed by atoms with E-state index in [1.165, 1.54) is 24.6 Å². The number of halogens is 3. The molecule has 1 saturated carbocycles. The summed E-state index contributed by atoms with van der Waals surface area (Å²) in [5.41, 5.74) is 1.49. The van der Waals surface area contributed by atoms with Crippen LogP contribution in [-0.2, 0) is 6.18 Å². The number of benzene rings is 1. The molecule has 13 heteroatoms. The van der Waals surface area contributed by atoms with Crippen molar-refractivity contribution >= 4 is 40.2 Å². The average Bonchev–Trinajstić information content (AvgIpc) is 3.47. The zero-order valence-electron chi connectivity index (χ0n) is 19.4. The molecule has 4 aromatic rings. The van der Waals surface area contributed by atoms with Gasteiger partial charge in [0.15, 0.2) is 11.0 Å². The van der Waals surface area contributed by atoms with Crippen LogP contribution in [0.5, 0.6) is 0 Å². The first kappa shape index (κ1) is 23.1. The highest BCUT2D eigenvalue weighted by Gasteiger charge is 2.35. The minimum atomic E-state index is -4.53. The van der Waals surface area contributed by atoms with Crippen molar-refractivity contribution in [1.29, 1.82) is 0 Å². The summed E-state index contributed by atoms with van der Waals surface area (Å²) in [4.78, 5) is 20.9. The number of aromatic nitrogens is 6. The lowest BCUT2D eigenvalue weighted by Gasteiger charge is -2.35. The van der Waals surface area contributed by atoms with Crippen molar-refractivity contribution in [2.24, 2.45) is 0 Å². The minimum absolute atomic E-state index is 0. The summed E-state index contributed by atoms with van der Waals surface area (Å²) in [6.45, 7) is 5.66. The Kier molecular flexibility index (Phi) is 5.75. The lowest BCUT2D eigenvalue weighted by Crippen LogP contribution is -2.47. The standard InChI is InChI=1S/C23H24F3N9S.3H2/c1-13-10-19(33-32-13)29-18-12-20(35-8-6-34(7-9-35)14-2-3-14)31-22(30-18)36-15-4-5-16-17(11-15)28-21(27-16)23(24,25)26;;;/h4-5,10-12,14H,2-3,6-9H2,1H3,(H,27,28)(H2,29,30,31,32,33);3*1H. The zero-order valence-corrected chi connectivity index (χ0v) is 20.2. The van der Waals surface area contributed by atoms with Crippen LogP contribution in [0.1, 0.15) is 28.6 Å². The monoisotopic (exact) mass is 521 g/mol. The molecular formula is C23H30F3N9S. The number of alkyl halides is 3. The Morgan fingerprint density at radius 2 is 1.83 bits per heavy atom. The highest BCUT2D eigenvalue weighted by atomic mass is 32.2. The maximum Gasteiger partial charge on any atom is 0.449 e. The van der Waals surface area contributed by atoms with Gasteiger partial charge < -0.3 is 15.2 Å². The smallest absolute Gasteiger partial charge is 0.354 e. The SMILES string of the molecule is Cc1cc(Nc2cc(N3CCN(C4CC4)CC3)nc(Sc3ccc4nc(C(F)(F)F)[nH]c4c3)n2)n[nH]1.[HH].[HH].[HH]. The molecule has 0 bridgehead atoms. The summed E-state index contributed by atoms with van der Waals surface area (Å²) in [6.07, 6.45) is -1.95. The molecule has 2 aliphatic rings. The molecule has 1 aromatic carbocycles. The van der Waals surface area contributed by atoms with Gasteiger partial charge in [-0.1, -0.05) is 0 Å². The summed E-state index contributed by atoms with van der Waals surface area (Å²) in [5.74, 6) is 1.04. The summed E-state index contributed by atoms with van der Waals surface area (Å²) in [7, 11) is 0. The van der Waals surface area contributed by atoms with Gasteiger partial charge >= 0.3 is 6.18 Å². The van der Waals surface area contributed by atoms with Crippen molar-refractivity contribution in [3.8, 4) is 0 Å². The van der Waals surface area contributed by atoms with E-state index in [1.54, 1.807) is 18.2 Å². The van der Waals surface area contributed by atoms with Crippen LogP contribution in [0.4, 0.5) is 30.6 Å². The Balaban J connectivity index is 0.00000140. The molecule has 0 radical (unpaired) electrons. The van der Waals surface area contributed by atoms with Crippen LogP contribution in [0.3, 0.4) is 0 Å². The largest absolute Gasteiger partial charge is 0.449 e. The number of fused-ring (bicyclic) bond motifs is 1. The molecule has 6 rings (SSSR count). The van der Waals surface area contributed by atoms with Gasteiger partial charge in [0.2, 0.25) is 5.82 Å². The predicted octanol–water partition coefficient (Wildman–Crippen LogP) is 5.32. The molecule has 3 aromatic heterocycles. The molecule has 1 aliphatic heterocycles. The van der Waals surface area contributed by atoms with Crippen molar-refractivity contribution in [1.82, 2.24) is 35.0 Å². The number of rotatable bonds is 6. The Morgan fingerprint density at radius 1 is 1.03 bits per heavy atom. The summed E-state index contributed by atoms with van der Waals surface area (Å²) >= 11 is 1.29. The van der Waals surface area contributed by atoms with Gasteiger partial charge in [0.05, 0.1) is 11.0 Å². The molecule has 0 atom stereocenters. The number of aromatic amines is 2. The molecule has 36 heavy (non-hydrogen) atoms. The Hall–Kier alpha value is -3.32. The van der Waals surface area contributed by atoms with Gasteiger partial charge in [-0.3, -0.25) is 10.00 Å². The Labute approximate surface area is 213 Å². The third-order valence-electron chi connectivity index (χ3n) is 6.29. The lowest BCUT2D eigenvalue weighted by molar-refractivity contribution is -0.144. The van der Waals surface area contributed by atoms with E-state index in [2.05, 4.69) is 40.3 Å². The van der Waals surface area contributed by atoms with Gasteiger partial charge in [0.1, 0.15) is 11.6 Å². The highest BCUT2D eigenvalue weighted by molar-refractivity contribution is 7.99. The number of aryl methyl sites for hydroxylation is 1. The first-order valence-corrected chi connectivity index (χ1v) is 12.5. The summed E-state index contributed by atoms with van der Waals surface area (Å²) in [5, 5.41) is 10.9. The van der Waals surface area contributed by atoms with Crippen LogP contribution in [-0.4, -0.2) is 67.3 Å². The fraction of sp³-hybridized carbons (Fsp3) is 0.391. The van der Waals surface area contributed by atoms with Gasteiger partial charge in [-0.2, -0.15) is 18.3 Å². The number of nitrogens with zero attached hydrogens (tertiary/aromatic N) is 6. The second kappa shape index (κ2) is 8.96. The average molecular weight is 522 g/mol. The maximum absolute atomic E-state index is 13.1. The number of hydrogen-bond donors (Lipinski definition) is 3. The topological polar surface area (TPSA) is 102 Å². The third kappa shape index (κ3) is 4.98. The molecule has 2 fully saturated rings. The molecular weight excluding hydrogens is 491 g/mol. The first-order chi connectivity index (χ1) is 17.3. The van der Waals surface area contributed by atoms with Gasteiger partial charge in [-0.25, -0.2) is 15.0 Å². The molecule has 0 amide bonds. The van der Waals surface area contributed by atoms with Crippen LogP contribution >= 0.6 is 11.8 Å². The highest BCUT2D eigenvalue weighted by Crippen LogP contribution is 2.34. The Morgan fingerprint density at radius 3 is 2.53 bits per heavy atom. The van der Waals surface area contributed by atoms with E-state index in [1.807, 2.05) is 19.1 Å². The van der Waals surface area contributed by atoms with Crippen molar-refractivity contribution in [2.75, 3.05) is 36.4 Å². The van der Waals surface area contributed by atoms with E-state index in [0.717, 1.165) is 43.7 Å². The van der Waals surface area contributed by atoms with Crippen molar-refractivity contribution in [2.45, 2.75) is 42.0 Å². The van der Waals surface area contributed by atoms with E-state index >= 15 is 0 Å². The molecule has 194 valence electrons. The summed E-state index contributed by atoms with van der Waals surface area (Å²) < 4.78 is 39.2. The Bertz CT molecular complexity index is 1400. The van der Waals surface area contributed by atoms with Gasteiger partial charge in [0, 0.05) is 59.2 Å². The van der Waals surface area contributed by atoms with Crippen LogP contribution in [0.15, 0.2) is 40.4 Å². The molecule has 4 heterocycles. The molecule has 0 unspecified atom stereocenters. The second-order valence-electron chi connectivity index (χ2n) is 9.07. The molecule has 9 nitrogen and oxygen atoms in total. The maximum atomic E-state index is 13.1.